The number of aromatic nitrogens is 2. The quantitative estimate of drug-likeness (QED) is 0.204. The van der Waals surface area contributed by atoms with Crippen LogP contribution in [-0.2, 0) is 20.8 Å². The van der Waals surface area contributed by atoms with Gasteiger partial charge in [0.1, 0.15) is 0 Å². The van der Waals surface area contributed by atoms with Crippen molar-refractivity contribution in [2.45, 2.75) is 0 Å². The molecule has 0 aliphatic rings. The van der Waals surface area contributed by atoms with E-state index in [1.54, 1.807) is 0 Å². The minimum Gasteiger partial charge on any atom is -0.333 e. The molecule has 6 aromatic rings. The number of fused-ring (bicyclic) bond motifs is 2. The fraction of sp³-hybridized carbons (Fsp3) is 0. The molecule has 0 bridgehead atoms. The fourth-order valence-corrected chi connectivity index (χ4v) is 3.73. The van der Waals surface area contributed by atoms with Crippen molar-refractivity contribution in [2.24, 2.45) is 0 Å². The summed E-state index contributed by atoms with van der Waals surface area (Å²) in [7, 11) is 9.87. The number of hydrogen-bond acceptors (Lipinski definition) is 0. The van der Waals surface area contributed by atoms with Gasteiger partial charge in [0, 0.05) is 36.2 Å². The first kappa shape index (κ1) is 21.9. The average molecular weight is 523 g/mol. The van der Waals surface area contributed by atoms with E-state index in [0.29, 0.717) is 0 Å². The van der Waals surface area contributed by atoms with Gasteiger partial charge in [0.2, 0.25) is 0 Å². The second-order valence-corrected chi connectivity index (χ2v) is 10.6. The normalized spacial score (nSPS) is 10.1. The molecule has 2 nitrogen and oxygen atoms in total. The molecule has 31 heavy (non-hydrogen) atoms. The van der Waals surface area contributed by atoms with Crippen LogP contribution in [0.4, 0.5) is 0 Å². The number of halogens is 2. The third-order valence-corrected chi connectivity index (χ3v) is 5.08. The molecule has 0 aliphatic heterocycles. The Balaban J connectivity index is 0.000000133. The maximum atomic E-state index is 4.93. The van der Waals surface area contributed by atoms with E-state index in [0.717, 1.165) is 0 Å². The predicted octanol–water partition coefficient (Wildman–Crippen LogP) is 8.08. The van der Waals surface area contributed by atoms with Gasteiger partial charge in [-0.15, -0.1) is 57.9 Å². The fourth-order valence-electron chi connectivity index (χ4n) is 3.73. The Labute approximate surface area is 200 Å². The number of rotatable bonds is 2. The molecule has 2 heterocycles. The molecule has 4 aromatic carbocycles. The third-order valence-electron chi connectivity index (χ3n) is 5.08. The van der Waals surface area contributed by atoms with Gasteiger partial charge in [-0.3, -0.25) is 0 Å². The van der Waals surface area contributed by atoms with Crippen LogP contribution in [0.1, 0.15) is 0 Å². The maximum absolute atomic E-state index is 4.93. The zero-order valence-electron chi connectivity index (χ0n) is 16.7. The maximum Gasteiger partial charge on any atom is 0.00799 e. The Hall–Kier alpha value is -2.32. The molecule has 0 atom stereocenters. The Kier molecular flexibility index (Phi) is 7.64. The zero-order chi connectivity index (χ0) is 21.5. The molecule has 0 unspecified atom stereocenters. The Morgan fingerprint density at radius 2 is 0.935 bits per heavy atom. The molecule has 152 valence electrons. The van der Waals surface area contributed by atoms with Gasteiger partial charge in [0.25, 0.3) is 0 Å². The van der Waals surface area contributed by atoms with E-state index in [2.05, 4.69) is 107 Å². The van der Waals surface area contributed by atoms with Crippen LogP contribution in [0.2, 0.25) is 0 Å². The van der Waals surface area contributed by atoms with Crippen LogP contribution in [0.3, 0.4) is 0 Å². The summed E-state index contributed by atoms with van der Waals surface area (Å²) in [6.45, 7) is 0. The molecule has 6 rings (SSSR count). The van der Waals surface area contributed by atoms with Crippen molar-refractivity contribution in [3.63, 3.8) is 0 Å². The zero-order valence-corrected chi connectivity index (χ0v) is 20.7. The van der Waals surface area contributed by atoms with Gasteiger partial charge >= 0.3 is 37.9 Å². The minimum atomic E-state index is -0.826. The Morgan fingerprint density at radius 3 is 1.32 bits per heavy atom. The summed E-state index contributed by atoms with van der Waals surface area (Å²) in [5.41, 5.74) is 2.50. The standard InChI is InChI=1S/2C13H10N.2ClH.Zr/c2*1-2-10-14(9-1)13-8-4-6-11-5-3-7-12(11)13;;;/h2*1-10H;2*1H;/q2*-1;;;+4/p-2. The predicted molar refractivity (Wildman–Crippen MR) is 129 cm³/mol. The van der Waals surface area contributed by atoms with E-state index >= 15 is 0 Å². The first-order valence-corrected chi connectivity index (χ1v) is 16.2. The summed E-state index contributed by atoms with van der Waals surface area (Å²) < 4.78 is 4.28. The number of nitrogens with zero attached hydrogens (tertiary/aromatic N) is 2. The molecule has 0 radical (unpaired) electrons. The summed E-state index contributed by atoms with van der Waals surface area (Å²) in [5.74, 6) is 0. The van der Waals surface area contributed by atoms with Crippen LogP contribution in [0.5, 0.6) is 0 Å². The molecule has 0 saturated carbocycles. The third kappa shape index (κ3) is 5.13. The second kappa shape index (κ2) is 10.8. The topological polar surface area (TPSA) is 9.86 Å². The van der Waals surface area contributed by atoms with E-state index < -0.39 is 20.8 Å². The van der Waals surface area contributed by atoms with Crippen molar-refractivity contribution in [1.82, 2.24) is 9.13 Å². The van der Waals surface area contributed by atoms with E-state index in [9.17, 15) is 0 Å². The molecular formula is C26H20Cl2N2Zr. The molecule has 0 N–H and O–H groups in total. The Bertz CT molecular complexity index is 1220. The molecule has 0 amide bonds. The number of hydrogen-bond donors (Lipinski definition) is 0. The second-order valence-electron chi connectivity index (χ2n) is 6.86. The minimum absolute atomic E-state index is 0.826. The molecule has 0 spiro atoms. The van der Waals surface area contributed by atoms with Crippen molar-refractivity contribution in [2.75, 3.05) is 0 Å². The van der Waals surface area contributed by atoms with Crippen molar-refractivity contribution < 1.29 is 20.8 Å². The van der Waals surface area contributed by atoms with Crippen LogP contribution in [-0.4, -0.2) is 9.13 Å². The van der Waals surface area contributed by atoms with Gasteiger partial charge in [-0.1, -0.05) is 12.1 Å². The SMILES string of the molecule is [Cl][Zr+2][Cl].c1cc(-n2cccc2)c2cc[cH-]c2c1.c1cc(-n2cccc2)c2cc[cH-]c2c1. The van der Waals surface area contributed by atoms with Crippen molar-refractivity contribution >= 4 is 38.6 Å². The van der Waals surface area contributed by atoms with Crippen LogP contribution in [0.25, 0.3) is 32.9 Å². The monoisotopic (exact) mass is 520 g/mol. The first-order chi connectivity index (χ1) is 15.3. The van der Waals surface area contributed by atoms with Crippen molar-refractivity contribution in [3.05, 3.63) is 122 Å². The molecule has 2 aromatic heterocycles. The number of benzene rings is 2. The van der Waals surface area contributed by atoms with E-state index in [-0.39, 0.29) is 0 Å². The van der Waals surface area contributed by atoms with Crippen molar-refractivity contribution in [3.8, 4) is 11.4 Å². The summed E-state index contributed by atoms with van der Waals surface area (Å²) in [4.78, 5) is 0. The van der Waals surface area contributed by atoms with E-state index in [1.165, 1.54) is 32.9 Å². The molecular weight excluding hydrogens is 502 g/mol. The van der Waals surface area contributed by atoms with Crippen LogP contribution >= 0.6 is 17.0 Å². The summed E-state index contributed by atoms with van der Waals surface area (Å²) >= 11 is -0.826. The van der Waals surface area contributed by atoms with E-state index in [1.807, 2.05) is 24.3 Å². The van der Waals surface area contributed by atoms with Gasteiger partial charge in [0.05, 0.1) is 0 Å². The van der Waals surface area contributed by atoms with Gasteiger partial charge in [0.15, 0.2) is 0 Å². The summed E-state index contributed by atoms with van der Waals surface area (Å²) in [5, 5.41) is 5.22. The van der Waals surface area contributed by atoms with Crippen LogP contribution in [0.15, 0.2) is 122 Å². The smallest absolute Gasteiger partial charge is 0.00799 e. The van der Waals surface area contributed by atoms with Gasteiger partial charge < -0.3 is 9.13 Å². The molecule has 5 heteroatoms. The Morgan fingerprint density at radius 1 is 0.548 bits per heavy atom. The first-order valence-electron chi connectivity index (χ1n) is 9.83. The van der Waals surface area contributed by atoms with Crippen LogP contribution in [0, 0.1) is 0 Å². The molecule has 0 saturated heterocycles. The summed E-state index contributed by atoms with van der Waals surface area (Å²) in [6, 6.07) is 33.7. The largest absolute Gasteiger partial charge is 0.333 e. The molecule has 0 fully saturated rings. The average Bonchev–Trinajstić information content (AvgIpc) is 3.60. The van der Waals surface area contributed by atoms with Crippen LogP contribution < -0.4 is 0 Å². The molecule has 0 aliphatic carbocycles. The van der Waals surface area contributed by atoms with Gasteiger partial charge in [-0.2, -0.15) is 24.3 Å². The van der Waals surface area contributed by atoms with E-state index in [4.69, 9.17) is 17.0 Å². The summed E-state index contributed by atoms with van der Waals surface area (Å²) in [6.07, 6.45) is 8.28. The van der Waals surface area contributed by atoms with Gasteiger partial charge in [-0.05, 0) is 24.3 Å². The van der Waals surface area contributed by atoms with Gasteiger partial charge in [-0.25, -0.2) is 0 Å². The van der Waals surface area contributed by atoms with Crippen molar-refractivity contribution in [1.29, 1.82) is 0 Å².